The summed E-state index contributed by atoms with van der Waals surface area (Å²) < 4.78 is 65.7. The summed E-state index contributed by atoms with van der Waals surface area (Å²) in [5.41, 5.74) is 0.759. The van der Waals surface area contributed by atoms with Gasteiger partial charge in [0, 0.05) is 38.1 Å². The molecule has 10 nitrogen and oxygen atoms in total. The Morgan fingerprint density at radius 3 is 2.55 bits per heavy atom. The first-order valence-electron chi connectivity index (χ1n) is 13.5. The van der Waals surface area contributed by atoms with E-state index in [4.69, 9.17) is 23.7 Å². The van der Waals surface area contributed by atoms with Gasteiger partial charge in [-0.25, -0.2) is 9.78 Å². The van der Waals surface area contributed by atoms with Crippen LogP contribution in [0.25, 0.3) is 0 Å². The fraction of sp³-hybridized carbons (Fsp3) is 0.517. The summed E-state index contributed by atoms with van der Waals surface area (Å²) in [6.45, 7) is 2.39. The predicted octanol–water partition coefficient (Wildman–Crippen LogP) is 4.05. The number of hydrogen-bond acceptors (Lipinski definition) is 9. The molecule has 13 heteroatoms. The van der Waals surface area contributed by atoms with Gasteiger partial charge in [0.05, 0.1) is 26.4 Å². The second-order valence-electron chi connectivity index (χ2n) is 9.83. The Balaban J connectivity index is 1.76. The number of benzene rings is 1. The number of ether oxygens (including phenoxy) is 5. The normalized spacial score (nSPS) is 21.3. The topological polar surface area (TPSA) is 122 Å². The van der Waals surface area contributed by atoms with Gasteiger partial charge in [-0.15, -0.1) is 0 Å². The monoisotopic (exact) mass is 596 g/mol. The molecular weight excluding hydrogens is 561 g/mol. The summed E-state index contributed by atoms with van der Waals surface area (Å²) in [5.74, 6) is -2.85. The first-order valence-corrected chi connectivity index (χ1v) is 13.5. The Morgan fingerprint density at radius 2 is 1.88 bits per heavy atom. The van der Waals surface area contributed by atoms with Crippen LogP contribution in [0.2, 0.25) is 0 Å². The maximum Gasteiger partial charge on any atom is 0.389 e. The van der Waals surface area contributed by atoms with Crippen LogP contribution in [0.15, 0.2) is 42.6 Å². The fourth-order valence-corrected chi connectivity index (χ4v) is 4.55. The van der Waals surface area contributed by atoms with Gasteiger partial charge in [-0.05, 0) is 31.7 Å². The number of carbonyl (C=O) groups is 3. The molecule has 0 radical (unpaired) electrons. The molecule has 0 bridgehead atoms. The van der Waals surface area contributed by atoms with E-state index >= 15 is 0 Å². The van der Waals surface area contributed by atoms with Crippen molar-refractivity contribution in [1.29, 1.82) is 0 Å². The van der Waals surface area contributed by atoms with Crippen molar-refractivity contribution < 1.29 is 51.2 Å². The van der Waals surface area contributed by atoms with Gasteiger partial charge in [0.25, 0.3) is 5.91 Å². The molecular formula is C29H35F3N2O8. The molecule has 1 amide bonds. The van der Waals surface area contributed by atoms with Gasteiger partial charge in [-0.3, -0.25) is 9.59 Å². The Bertz CT molecular complexity index is 1200. The number of amides is 1. The number of halogens is 3. The standard InChI is InChI=1S/C29H35F3N2O8/c1-18-25(40-15-7-13-29(30,31)32)21(11-10-20-8-5-4-6-9-20)16-39-17-22(28(37)41-18)34-27(36)24-26(42-19(2)35)23(38-3)12-14-33-24/h4-6,8-9,12,14,18,21-22,25H,7,10-11,13,15-17H2,1-3H3,(H,34,36)/t18-,21-,22-,25-/m0/s1. The zero-order chi connectivity index (χ0) is 30.7. The smallest absolute Gasteiger partial charge is 0.389 e. The van der Waals surface area contributed by atoms with Crippen LogP contribution in [-0.2, 0) is 30.2 Å². The Labute approximate surface area is 241 Å². The summed E-state index contributed by atoms with van der Waals surface area (Å²) in [7, 11) is 1.32. The van der Waals surface area contributed by atoms with E-state index in [9.17, 15) is 27.6 Å². The quantitative estimate of drug-likeness (QED) is 0.302. The fourth-order valence-electron chi connectivity index (χ4n) is 4.55. The van der Waals surface area contributed by atoms with E-state index in [1.165, 1.54) is 19.4 Å². The number of nitrogens with zero attached hydrogens (tertiary/aromatic N) is 1. The number of methoxy groups -OCH3 is 1. The Hall–Kier alpha value is -3.71. The van der Waals surface area contributed by atoms with E-state index < -0.39 is 48.7 Å². The molecule has 1 N–H and O–H groups in total. The maximum atomic E-state index is 13.1. The molecule has 0 unspecified atom stereocenters. The van der Waals surface area contributed by atoms with Gasteiger partial charge < -0.3 is 29.0 Å². The van der Waals surface area contributed by atoms with Crippen molar-refractivity contribution in [3.63, 3.8) is 0 Å². The molecule has 1 aromatic carbocycles. The Morgan fingerprint density at radius 1 is 1.14 bits per heavy atom. The number of pyridine rings is 1. The first-order chi connectivity index (χ1) is 20.0. The molecule has 0 saturated carbocycles. The molecule has 2 aromatic rings. The molecule has 4 atom stereocenters. The molecule has 0 spiro atoms. The summed E-state index contributed by atoms with van der Waals surface area (Å²) in [5, 5.41) is 2.51. The van der Waals surface area contributed by atoms with E-state index in [0.29, 0.717) is 12.8 Å². The first kappa shape index (κ1) is 32.8. The van der Waals surface area contributed by atoms with Crippen LogP contribution < -0.4 is 14.8 Å². The highest BCUT2D eigenvalue weighted by Crippen LogP contribution is 2.30. The lowest BCUT2D eigenvalue weighted by Crippen LogP contribution is -2.46. The lowest BCUT2D eigenvalue weighted by molar-refractivity contribution is -0.162. The number of alkyl halides is 3. The second-order valence-corrected chi connectivity index (χ2v) is 9.83. The molecule has 0 aliphatic carbocycles. The van der Waals surface area contributed by atoms with Crippen LogP contribution in [0.3, 0.4) is 0 Å². The summed E-state index contributed by atoms with van der Waals surface area (Å²) in [6.07, 6.45) is -4.71. The van der Waals surface area contributed by atoms with Crippen LogP contribution in [0, 0.1) is 5.92 Å². The zero-order valence-electron chi connectivity index (χ0n) is 23.6. The lowest BCUT2D eigenvalue weighted by Gasteiger charge is -2.31. The van der Waals surface area contributed by atoms with Gasteiger partial charge in [0.15, 0.2) is 17.5 Å². The van der Waals surface area contributed by atoms with Crippen molar-refractivity contribution in [3.05, 3.63) is 53.9 Å². The van der Waals surface area contributed by atoms with Crippen molar-refractivity contribution in [3.8, 4) is 11.5 Å². The van der Waals surface area contributed by atoms with Gasteiger partial charge in [0.2, 0.25) is 5.75 Å². The van der Waals surface area contributed by atoms with Crippen molar-refractivity contribution in [2.75, 3.05) is 26.9 Å². The number of aryl methyl sites for hydroxylation is 1. The number of carbonyl (C=O) groups excluding carboxylic acids is 3. The molecule has 1 aromatic heterocycles. The zero-order valence-corrected chi connectivity index (χ0v) is 23.6. The third kappa shape index (κ3) is 9.98. The van der Waals surface area contributed by atoms with Gasteiger partial charge in [-0.1, -0.05) is 30.3 Å². The van der Waals surface area contributed by atoms with Crippen LogP contribution in [-0.4, -0.2) is 74.2 Å². The minimum absolute atomic E-state index is 0.0824. The molecule has 1 saturated heterocycles. The number of aromatic nitrogens is 1. The highest BCUT2D eigenvalue weighted by Gasteiger charge is 2.36. The van der Waals surface area contributed by atoms with Crippen LogP contribution in [0.1, 0.15) is 49.2 Å². The highest BCUT2D eigenvalue weighted by atomic mass is 19.4. The number of cyclic esters (lactones) is 1. The molecule has 1 aliphatic rings. The van der Waals surface area contributed by atoms with Crippen molar-refractivity contribution in [1.82, 2.24) is 10.3 Å². The summed E-state index contributed by atoms with van der Waals surface area (Å²) in [6, 6.07) is 9.76. The number of esters is 2. The average Bonchev–Trinajstić information content (AvgIpc) is 2.98. The number of nitrogens with one attached hydrogen (secondary N) is 1. The number of rotatable bonds is 11. The minimum Gasteiger partial charge on any atom is -0.493 e. The predicted molar refractivity (Wildman–Crippen MR) is 143 cm³/mol. The van der Waals surface area contributed by atoms with Crippen molar-refractivity contribution >= 4 is 17.8 Å². The molecule has 1 aliphatic heterocycles. The van der Waals surface area contributed by atoms with Crippen molar-refractivity contribution in [2.24, 2.45) is 5.92 Å². The van der Waals surface area contributed by atoms with Crippen molar-refractivity contribution in [2.45, 2.75) is 64.0 Å². The van der Waals surface area contributed by atoms with Crippen LogP contribution in [0.5, 0.6) is 11.5 Å². The third-order valence-corrected chi connectivity index (χ3v) is 6.55. The van der Waals surface area contributed by atoms with Crippen LogP contribution in [0.4, 0.5) is 13.2 Å². The second kappa shape index (κ2) is 15.5. The largest absolute Gasteiger partial charge is 0.493 e. The molecule has 230 valence electrons. The van der Waals surface area contributed by atoms with E-state index in [1.807, 2.05) is 30.3 Å². The Kier molecular flexibility index (Phi) is 12.1. The van der Waals surface area contributed by atoms with Gasteiger partial charge >= 0.3 is 18.1 Å². The highest BCUT2D eigenvalue weighted by molar-refractivity contribution is 5.98. The lowest BCUT2D eigenvalue weighted by atomic mass is 9.92. The minimum atomic E-state index is -4.31. The molecule has 1 fully saturated rings. The van der Waals surface area contributed by atoms with Gasteiger partial charge in [0.1, 0.15) is 6.10 Å². The molecule has 42 heavy (non-hydrogen) atoms. The van der Waals surface area contributed by atoms with E-state index in [2.05, 4.69) is 10.3 Å². The SMILES string of the molecule is COc1ccnc(C(=O)N[C@H]2COC[C@H](CCc3ccccc3)[C@@H](OCCCC(F)(F)F)[C@H](C)OC2=O)c1OC(C)=O. The van der Waals surface area contributed by atoms with E-state index in [1.54, 1.807) is 6.92 Å². The van der Waals surface area contributed by atoms with Gasteiger partial charge in [-0.2, -0.15) is 13.2 Å². The molecule has 2 heterocycles. The summed E-state index contributed by atoms with van der Waals surface area (Å²) in [4.78, 5) is 41.8. The van der Waals surface area contributed by atoms with E-state index in [-0.39, 0.29) is 49.4 Å². The average molecular weight is 597 g/mol. The van der Waals surface area contributed by atoms with E-state index in [0.717, 1.165) is 12.5 Å². The molecule has 3 rings (SSSR count). The third-order valence-electron chi connectivity index (χ3n) is 6.55. The van der Waals surface area contributed by atoms with Crippen LogP contribution >= 0.6 is 0 Å². The number of hydrogen-bond donors (Lipinski definition) is 1. The summed E-state index contributed by atoms with van der Waals surface area (Å²) >= 11 is 0. The maximum absolute atomic E-state index is 13.1.